The third-order valence-corrected chi connectivity index (χ3v) is 3.51. The molecule has 0 aliphatic carbocycles. The molecule has 0 aliphatic rings. The molecule has 19 heavy (non-hydrogen) atoms. The first-order valence-electron chi connectivity index (χ1n) is 5.80. The van der Waals surface area contributed by atoms with E-state index in [2.05, 4.69) is 20.6 Å². The Balaban J connectivity index is 2.45. The topological polar surface area (TPSA) is 107 Å². The smallest absolute Gasteiger partial charge is 0.326 e. The van der Waals surface area contributed by atoms with E-state index < -0.39 is 18.0 Å². The van der Waals surface area contributed by atoms with Gasteiger partial charge in [0.1, 0.15) is 6.04 Å². The maximum atomic E-state index is 11.6. The summed E-state index contributed by atoms with van der Waals surface area (Å²) in [6.45, 7) is 2.47. The van der Waals surface area contributed by atoms with Crippen molar-refractivity contribution in [2.24, 2.45) is 0 Å². The minimum atomic E-state index is -1.08. The van der Waals surface area contributed by atoms with Crippen molar-refractivity contribution in [3.63, 3.8) is 0 Å². The number of carboxylic acid groups (broad SMARTS) is 1. The van der Waals surface area contributed by atoms with E-state index in [9.17, 15) is 9.59 Å². The summed E-state index contributed by atoms with van der Waals surface area (Å²) in [4.78, 5) is 29.3. The molecule has 1 aromatic rings. The molecule has 1 rings (SSSR count). The van der Waals surface area contributed by atoms with Gasteiger partial charge in [-0.05, 0) is 6.26 Å². The molecule has 0 saturated heterocycles. The van der Waals surface area contributed by atoms with Crippen molar-refractivity contribution in [1.82, 2.24) is 20.6 Å². The highest BCUT2D eigenvalue weighted by Gasteiger charge is 2.21. The second-order valence-electron chi connectivity index (χ2n) is 4.07. The molecule has 0 bridgehead atoms. The number of hydrogen-bond acceptors (Lipinski definition) is 4. The molecule has 106 valence electrons. The Labute approximate surface area is 115 Å². The number of H-pyrrole nitrogens is 1. The van der Waals surface area contributed by atoms with Crippen LogP contribution in [0.1, 0.15) is 12.6 Å². The van der Waals surface area contributed by atoms with Crippen LogP contribution in [-0.4, -0.2) is 51.2 Å². The molecule has 8 heteroatoms. The molecule has 1 aromatic heterocycles. The monoisotopic (exact) mass is 286 g/mol. The zero-order valence-corrected chi connectivity index (χ0v) is 11.7. The second-order valence-corrected chi connectivity index (χ2v) is 5.35. The number of carbonyl (C=O) groups excluding carboxylic acids is 1. The van der Waals surface area contributed by atoms with E-state index in [1.807, 2.05) is 13.2 Å². The van der Waals surface area contributed by atoms with Gasteiger partial charge < -0.3 is 20.7 Å². The number of aromatic amines is 1. The lowest BCUT2D eigenvalue weighted by Crippen LogP contribution is -2.48. The fourth-order valence-corrected chi connectivity index (χ4v) is 1.60. The molecule has 0 aliphatic heterocycles. The Bertz CT molecular complexity index is 410. The van der Waals surface area contributed by atoms with E-state index in [4.69, 9.17) is 5.11 Å². The highest BCUT2D eigenvalue weighted by Crippen LogP contribution is 2.02. The molecule has 0 saturated carbocycles. The lowest BCUT2D eigenvalue weighted by molar-refractivity contribution is -0.139. The Morgan fingerprint density at radius 1 is 1.58 bits per heavy atom. The Kier molecular flexibility index (Phi) is 6.20. The van der Waals surface area contributed by atoms with Crippen LogP contribution < -0.4 is 10.6 Å². The van der Waals surface area contributed by atoms with Gasteiger partial charge in [-0.15, -0.1) is 0 Å². The van der Waals surface area contributed by atoms with E-state index >= 15 is 0 Å². The second kappa shape index (κ2) is 7.67. The summed E-state index contributed by atoms with van der Waals surface area (Å²) < 4.78 is 0. The standard InChI is InChI=1S/C11H18N4O3S/c1-7(19-2)4-13-11(18)15-9(10(16)17)3-8-5-12-6-14-8/h5-7,9H,3-4H2,1-2H3,(H,12,14)(H,16,17)(H2,13,15,18)/t7?,9-/m0/s1. The molecule has 4 N–H and O–H groups in total. The first kappa shape index (κ1) is 15.4. The van der Waals surface area contributed by atoms with Crippen molar-refractivity contribution in [2.45, 2.75) is 24.6 Å². The van der Waals surface area contributed by atoms with Gasteiger partial charge >= 0.3 is 12.0 Å². The van der Waals surface area contributed by atoms with Gasteiger partial charge in [0.15, 0.2) is 0 Å². The molecule has 0 aromatic carbocycles. The maximum Gasteiger partial charge on any atom is 0.326 e. The van der Waals surface area contributed by atoms with Gasteiger partial charge in [-0.3, -0.25) is 0 Å². The van der Waals surface area contributed by atoms with Crippen molar-refractivity contribution < 1.29 is 14.7 Å². The zero-order valence-electron chi connectivity index (χ0n) is 10.8. The lowest BCUT2D eigenvalue weighted by atomic mass is 10.2. The van der Waals surface area contributed by atoms with Gasteiger partial charge in [-0.2, -0.15) is 11.8 Å². The third kappa shape index (κ3) is 5.64. The fourth-order valence-electron chi connectivity index (χ4n) is 1.35. The number of aromatic nitrogens is 2. The number of rotatable bonds is 7. The average molecular weight is 286 g/mol. The number of nitrogens with zero attached hydrogens (tertiary/aromatic N) is 1. The van der Waals surface area contributed by atoms with Crippen LogP contribution in [0.25, 0.3) is 0 Å². The lowest BCUT2D eigenvalue weighted by Gasteiger charge is -2.15. The Morgan fingerprint density at radius 3 is 2.84 bits per heavy atom. The van der Waals surface area contributed by atoms with Crippen LogP contribution in [0, 0.1) is 0 Å². The van der Waals surface area contributed by atoms with Gasteiger partial charge in [0.05, 0.1) is 6.33 Å². The largest absolute Gasteiger partial charge is 0.480 e. The molecule has 0 radical (unpaired) electrons. The van der Waals surface area contributed by atoms with Crippen molar-refractivity contribution in [3.8, 4) is 0 Å². The highest BCUT2D eigenvalue weighted by atomic mass is 32.2. The molecule has 7 nitrogen and oxygen atoms in total. The number of aliphatic carboxylic acids is 1. The number of carboxylic acids is 1. The van der Waals surface area contributed by atoms with Gasteiger partial charge in [0, 0.05) is 30.1 Å². The van der Waals surface area contributed by atoms with E-state index in [0.717, 1.165) is 0 Å². The summed E-state index contributed by atoms with van der Waals surface area (Å²) in [6.07, 6.45) is 5.11. The van der Waals surface area contributed by atoms with Crippen molar-refractivity contribution >= 4 is 23.8 Å². The van der Waals surface area contributed by atoms with Crippen molar-refractivity contribution in [2.75, 3.05) is 12.8 Å². The number of urea groups is 1. The van der Waals surface area contributed by atoms with E-state index in [-0.39, 0.29) is 11.7 Å². The predicted octanol–water partition coefficient (Wildman–Crippen LogP) is 0.456. The number of hydrogen-bond donors (Lipinski definition) is 4. The summed E-state index contributed by atoms with van der Waals surface area (Å²) in [5.41, 5.74) is 0.658. The summed E-state index contributed by atoms with van der Waals surface area (Å²) in [7, 11) is 0. The quantitative estimate of drug-likeness (QED) is 0.582. The van der Waals surface area contributed by atoms with Gasteiger partial charge in [0.25, 0.3) is 0 Å². The van der Waals surface area contributed by atoms with Gasteiger partial charge in [-0.25, -0.2) is 14.6 Å². The normalized spacial score (nSPS) is 13.6. The zero-order chi connectivity index (χ0) is 14.3. The number of amides is 2. The molecule has 2 amide bonds. The summed E-state index contributed by atoms with van der Waals surface area (Å²) in [5.74, 6) is -1.08. The third-order valence-electron chi connectivity index (χ3n) is 2.53. The van der Waals surface area contributed by atoms with Crippen molar-refractivity contribution in [1.29, 1.82) is 0 Å². The van der Waals surface area contributed by atoms with E-state index in [1.54, 1.807) is 11.8 Å². The number of nitrogens with one attached hydrogen (secondary N) is 3. The number of carbonyl (C=O) groups is 2. The average Bonchev–Trinajstić information content (AvgIpc) is 2.87. The molecular weight excluding hydrogens is 268 g/mol. The first-order valence-corrected chi connectivity index (χ1v) is 7.09. The van der Waals surface area contributed by atoms with Crippen LogP contribution in [0.4, 0.5) is 4.79 Å². The van der Waals surface area contributed by atoms with Crippen LogP contribution in [0.2, 0.25) is 0 Å². The van der Waals surface area contributed by atoms with Crippen LogP contribution in [0.15, 0.2) is 12.5 Å². The molecular formula is C11H18N4O3S. The SMILES string of the molecule is CSC(C)CNC(=O)N[C@@H](Cc1cnc[nH]1)C(=O)O. The Hall–Kier alpha value is -1.70. The van der Waals surface area contributed by atoms with E-state index in [0.29, 0.717) is 12.2 Å². The Morgan fingerprint density at radius 2 is 2.32 bits per heavy atom. The number of thioether (sulfide) groups is 1. The minimum Gasteiger partial charge on any atom is -0.480 e. The summed E-state index contributed by atoms with van der Waals surface area (Å²) in [5, 5.41) is 14.4. The molecule has 2 atom stereocenters. The fraction of sp³-hybridized carbons (Fsp3) is 0.545. The molecule has 1 heterocycles. The minimum absolute atomic E-state index is 0.167. The van der Waals surface area contributed by atoms with Crippen molar-refractivity contribution in [3.05, 3.63) is 18.2 Å². The summed E-state index contributed by atoms with van der Waals surface area (Å²) >= 11 is 1.62. The molecule has 0 spiro atoms. The molecule has 0 fully saturated rings. The van der Waals surface area contributed by atoms with Crippen LogP contribution in [0.5, 0.6) is 0 Å². The number of imidazole rings is 1. The van der Waals surface area contributed by atoms with Crippen LogP contribution in [-0.2, 0) is 11.2 Å². The molecule has 1 unspecified atom stereocenters. The summed E-state index contributed by atoms with van der Waals surface area (Å²) in [6, 6.07) is -1.46. The van der Waals surface area contributed by atoms with Crippen LogP contribution >= 0.6 is 11.8 Å². The van der Waals surface area contributed by atoms with Crippen LogP contribution in [0.3, 0.4) is 0 Å². The highest BCUT2D eigenvalue weighted by molar-refractivity contribution is 7.99. The van der Waals surface area contributed by atoms with Gasteiger partial charge in [0.2, 0.25) is 0 Å². The first-order chi connectivity index (χ1) is 9.02. The predicted molar refractivity (Wildman–Crippen MR) is 73.2 cm³/mol. The van der Waals surface area contributed by atoms with Gasteiger partial charge in [-0.1, -0.05) is 6.92 Å². The maximum absolute atomic E-state index is 11.6. The van der Waals surface area contributed by atoms with E-state index in [1.165, 1.54) is 12.5 Å².